The van der Waals surface area contributed by atoms with Crippen LogP contribution >= 0.6 is 15.9 Å². The number of anilines is 1. The Balaban J connectivity index is 2.46. The number of sulfonamides is 1. The van der Waals surface area contributed by atoms with Crippen LogP contribution in [0.3, 0.4) is 0 Å². The van der Waals surface area contributed by atoms with E-state index in [1.165, 1.54) is 18.3 Å². The molecule has 8 heteroatoms. The van der Waals surface area contributed by atoms with E-state index in [1.807, 2.05) is 0 Å². The molecule has 0 spiro atoms. The normalized spacial score (nSPS) is 11.0. The quantitative estimate of drug-likeness (QED) is 0.843. The van der Waals surface area contributed by atoms with Crippen LogP contribution in [0.2, 0.25) is 0 Å². The van der Waals surface area contributed by atoms with Crippen molar-refractivity contribution in [3.8, 4) is 6.07 Å². The largest absolute Gasteiger partial charge is 0.278 e. The average molecular weight is 370 g/mol. The second-order valence-corrected chi connectivity index (χ2v) is 6.56. The molecule has 108 valence electrons. The third kappa shape index (κ3) is 3.20. The van der Waals surface area contributed by atoms with Crippen molar-refractivity contribution < 1.29 is 12.8 Å². The SMILES string of the molecule is Cc1cc(NS(=O)(=O)c2cccc(F)c2C#N)cnc1Br. The second-order valence-electron chi connectivity index (χ2n) is 4.16. The van der Waals surface area contributed by atoms with Crippen LogP contribution in [0.15, 0.2) is 40.0 Å². The number of rotatable bonds is 3. The minimum atomic E-state index is -4.08. The fraction of sp³-hybridized carbons (Fsp3) is 0.0769. The highest BCUT2D eigenvalue weighted by molar-refractivity contribution is 9.10. The van der Waals surface area contributed by atoms with Gasteiger partial charge in [-0.25, -0.2) is 17.8 Å². The van der Waals surface area contributed by atoms with Crippen molar-refractivity contribution in [2.45, 2.75) is 11.8 Å². The van der Waals surface area contributed by atoms with E-state index >= 15 is 0 Å². The fourth-order valence-corrected chi connectivity index (χ4v) is 3.08. The van der Waals surface area contributed by atoms with Crippen molar-refractivity contribution in [1.29, 1.82) is 5.26 Å². The molecule has 0 aliphatic heterocycles. The minimum absolute atomic E-state index is 0.226. The van der Waals surface area contributed by atoms with Crippen molar-refractivity contribution in [3.63, 3.8) is 0 Å². The van der Waals surface area contributed by atoms with E-state index in [1.54, 1.807) is 19.1 Å². The number of nitrogens with one attached hydrogen (secondary N) is 1. The minimum Gasteiger partial charge on any atom is -0.278 e. The lowest BCUT2D eigenvalue weighted by Gasteiger charge is -2.10. The van der Waals surface area contributed by atoms with Crippen molar-refractivity contribution in [3.05, 3.63) is 52.0 Å². The second kappa shape index (κ2) is 5.79. The van der Waals surface area contributed by atoms with Crippen LogP contribution in [0, 0.1) is 24.1 Å². The van der Waals surface area contributed by atoms with Gasteiger partial charge in [0.25, 0.3) is 10.0 Å². The molecule has 0 bridgehead atoms. The summed E-state index contributed by atoms with van der Waals surface area (Å²) in [4.78, 5) is 3.56. The van der Waals surface area contributed by atoms with Gasteiger partial charge in [-0.15, -0.1) is 0 Å². The Morgan fingerprint density at radius 1 is 1.43 bits per heavy atom. The Morgan fingerprint density at radius 2 is 2.14 bits per heavy atom. The molecule has 21 heavy (non-hydrogen) atoms. The van der Waals surface area contributed by atoms with Gasteiger partial charge < -0.3 is 0 Å². The molecule has 1 aromatic carbocycles. The summed E-state index contributed by atoms with van der Waals surface area (Å²) in [5, 5.41) is 8.91. The van der Waals surface area contributed by atoms with E-state index < -0.39 is 26.3 Å². The van der Waals surface area contributed by atoms with Crippen molar-refractivity contribution in [2.24, 2.45) is 0 Å². The Bertz CT molecular complexity index is 847. The molecule has 1 aromatic heterocycles. The predicted molar refractivity (Wildman–Crippen MR) is 78.6 cm³/mol. The van der Waals surface area contributed by atoms with Gasteiger partial charge in [-0.1, -0.05) is 6.07 Å². The zero-order chi connectivity index (χ0) is 15.6. The van der Waals surface area contributed by atoms with Crippen LogP contribution in [0.4, 0.5) is 10.1 Å². The van der Waals surface area contributed by atoms with E-state index in [4.69, 9.17) is 5.26 Å². The van der Waals surface area contributed by atoms with Gasteiger partial charge in [0.05, 0.1) is 11.9 Å². The van der Waals surface area contributed by atoms with Gasteiger partial charge in [-0.05, 0) is 46.6 Å². The third-order valence-electron chi connectivity index (χ3n) is 2.64. The number of pyridine rings is 1. The molecular weight excluding hydrogens is 361 g/mol. The topological polar surface area (TPSA) is 82.9 Å². The van der Waals surface area contributed by atoms with Crippen LogP contribution < -0.4 is 4.72 Å². The maximum atomic E-state index is 13.5. The Kier molecular flexibility index (Phi) is 4.25. The number of nitrogens with zero attached hydrogens (tertiary/aromatic N) is 2. The molecule has 1 N–H and O–H groups in total. The lowest BCUT2D eigenvalue weighted by atomic mass is 10.2. The van der Waals surface area contributed by atoms with Crippen molar-refractivity contribution >= 4 is 31.6 Å². The Morgan fingerprint density at radius 3 is 2.76 bits per heavy atom. The maximum Gasteiger partial charge on any atom is 0.263 e. The molecule has 0 saturated carbocycles. The summed E-state index contributed by atoms with van der Waals surface area (Å²) < 4.78 is 40.9. The van der Waals surface area contributed by atoms with Crippen LogP contribution in [-0.2, 0) is 10.0 Å². The van der Waals surface area contributed by atoms with Crippen LogP contribution in [0.1, 0.15) is 11.1 Å². The summed E-state index contributed by atoms with van der Waals surface area (Å²) in [6.07, 6.45) is 1.32. The molecule has 0 saturated heterocycles. The number of hydrogen-bond acceptors (Lipinski definition) is 4. The fourth-order valence-electron chi connectivity index (χ4n) is 1.66. The first-order valence-electron chi connectivity index (χ1n) is 5.69. The van der Waals surface area contributed by atoms with E-state index in [9.17, 15) is 12.8 Å². The standard InChI is InChI=1S/C13H9BrFN3O2S/c1-8-5-9(7-17-13(8)14)18-21(19,20)12-4-2-3-11(15)10(12)6-16/h2-5,7,18H,1H3. The molecule has 2 aromatic rings. The molecule has 0 unspecified atom stereocenters. The number of benzene rings is 1. The number of nitriles is 1. The van der Waals surface area contributed by atoms with Crippen LogP contribution in [-0.4, -0.2) is 13.4 Å². The molecule has 5 nitrogen and oxygen atoms in total. The lowest BCUT2D eigenvalue weighted by Crippen LogP contribution is -2.15. The smallest absolute Gasteiger partial charge is 0.263 e. The molecule has 0 fully saturated rings. The number of halogens is 2. The molecule has 2 rings (SSSR count). The molecule has 0 aliphatic carbocycles. The zero-order valence-electron chi connectivity index (χ0n) is 10.8. The highest BCUT2D eigenvalue weighted by Crippen LogP contribution is 2.23. The third-order valence-corrected chi connectivity index (χ3v) is 4.90. The number of hydrogen-bond donors (Lipinski definition) is 1. The summed E-state index contributed by atoms with van der Waals surface area (Å²) >= 11 is 3.21. The van der Waals surface area contributed by atoms with Gasteiger partial charge in [0, 0.05) is 0 Å². The Hall–Kier alpha value is -1.98. The van der Waals surface area contributed by atoms with Gasteiger partial charge in [0.15, 0.2) is 0 Å². The van der Waals surface area contributed by atoms with Gasteiger partial charge in [0.1, 0.15) is 26.9 Å². The van der Waals surface area contributed by atoms with Crippen LogP contribution in [0.25, 0.3) is 0 Å². The van der Waals surface area contributed by atoms with E-state index in [0.717, 1.165) is 11.6 Å². The first-order chi connectivity index (χ1) is 9.85. The highest BCUT2D eigenvalue weighted by Gasteiger charge is 2.21. The monoisotopic (exact) mass is 369 g/mol. The van der Waals surface area contributed by atoms with Gasteiger partial charge in [-0.2, -0.15) is 5.26 Å². The summed E-state index contributed by atoms with van der Waals surface area (Å²) in [6.45, 7) is 1.75. The summed E-state index contributed by atoms with van der Waals surface area (Å²) in [7, 11) is -4.08. The molecular formula is C13H9BrFN3O2S. The van der Waals surface area contributed by atoms with E-state index in [-0.39, 0.29) is 5.69 Å². The molecule has 0 aliphatic rings. The molecule has 0 atom stereocenters. The zero-order valence-corrected chi connectivity index (χ0v) is 13.2. The first-order valence-corrected chi connectivity index (χ1v) is 7.96. The van der Waals surface area contributed by atoms with Gasteiger partial charge >= 0.3 is 0 Å². The summed E-state index contributed by atoms with van der Waals surface area (Å²) in [5.74, 6) is -0.884. The first kappa shape index (κ1) is 15.4. The summed E-state index contributed by atoms with van der Waals surface area (Å²) in [6, 6.07) is 6.56. The van der Waals surface area contributed by atoms with E-state index in [0.29, 0.717) is 4.60 Å². The van der Waals surface area contributed by atoms with E-state index in [2.05, 4.69) is 25.6 Å². The molecule has 0 radical (unpaired) electrons. The van der Waals surface area contributed by atoms with Gasteiger partial charge in [-0.3, -0.25) is 4.72 Å². The lowest BCUT2D eigenvalue weighted by molar-refractivity contribution is 0.593. The molecule has 0 amide bonds. The summed E-state index contributed by atoms with van der Waals surface area (Å²) in [5.41, 5.74) is 0.436. The highest BCUT2D eigenvalue weighted by atomic mass is 79.9. The van der Waals surface area contributed by atoms with Gasteiger partial charge in [0.2, 0.25) is 0 Å². The number of aromatic nitrogens is 1. The predicted octanol–water partition coefficient (Wildman–Crippen LogP) is 2.96. The number of aryl methyl sites for hydroxylation is 1. The maximum absolute atomic E-state index is 13.5. The van der Waals surface area contributed by atoms with Crippen LogP contribution in [0.5, 0.6) is 0 Å². The van der Waals surface area contributed by atoms with Crippen molar-refractivity contribution in [1.82, 2.24) is 4.98 Å². The molecule has 1 heterocycles. The average Bonchev–Trinajstić information content (AvgIpc) is 2.42. The Labute approximate surface area is 129 Å². The van der Waals surface area contributed by atoms with Crippen molar-refractivity contribution in [2.75, 3.05) is 4.72 Å².